The molecule has 1 aliphatic rings. The van der Waals surface area contributed by atoms with Gasteiger partial charge in [-0.2, -0.15) is 0 Å². The smallest absolute Gasteiger partial charge is 0.317 e. The topological polar surface area (TPSA) is 69.6 Å². The maximum absolute atomic E-state index is 12.7. The molecule has 6 heteroatoms. The molecule has 27 heavy (non-hydrogen) atoms. The van der Waals surface area contributed by atoms with E-state index in [9.17, 15) is 9.59 Å². The first kappa shape index (κ1) is 19.2. The Balaban J connectivity index is 1.69. The fraction of sp³-hybridized carbons (Fsp3) is 0.333. The Labute approximate surface area is 163 Å². The zero-order valence-electron chi connectivity index (χ0n) is 15.0. The van der Waals surface area contributed by atoms with Gasteiger partial charge >= 0.3 is 12.0 Å². The molecule has 1 fully saturated rings. The molecule has 1 atom stereocenters. The fourth-order valence-electron chi connectivity index (χ4n) is 3.36. The van der Waals surface area contributed by atoms with Crippen molar-refractivity contribution in [1.29, 1.82) is 0 Å². The van der Waals surface area contributed by atoms with Crippen LogP contribution < -0.4 is 5.32 Å². The van der Waals surface area contributed by atoms with Crippen molar-refractivity contribution >= 4 is 23.6 Å². The fourth-order valence-corrected chi connectivity index (χ4v) is 3.49. The lowest BCUT2D eigenvalue weighted by Crippen LogP contribution is -2.46. The molecule has 2 N–H and O–H groups in total. The Kier molecular flexibility index (Phi) is 6.35. The minimum absolute atomic E-state index is 0.151. The summed E-state index contributed by atoms with van der Waals surface area (Å²) in [7, 11) is 0. The number of likely N-dealkylation sites (tertiary alicyclic amines) is 1. The first-order chi connectivity index (χ1) is 13.0. The second kappa shape index (κ2) is 8.91. The van der Waals surface area contributed by atoms with Gasteiger partial charge in [0.15, 0.2) is 0 Å². The summed E-state index contributed by atoms with van der Waals surface area (Å²) in [4.78, 5) is 25.5. The molecule has 1 saturated heterocycles. The van der Waals surface area contributed by atoms with Crippen LogP contribution >= 0.6 is 11.6 Å². The van der Waals surface area contributed by atoms with Crippen molar-refractivity contribution in [3.8, 4) is 0 Å². The van der Waals surface area contributed by atoms with Gasteiger partial charge in [0.2, 0.25) is 0 Å². The van der Waals surface area contributed by atoms with E-state index in [1.807, 2.05) is 54.6 Å². The molecule has 0 bridgehead atoms. The molecule has 1 aliphatic heterocycles. The summed E-state index contributed by atoms with van der Waals surface area (Å²) in [5, 5.41) is 12.9. The molecule has 2 aromatic carbocycles. The van der Waals surface area contributed by atoms with Crippen LogP contribution in [0.3, 0.4) is 0 Å². The SMILES string of the molecule is O=C(O)C1CCN(C(=O)NC(Cc2ccc(Cl)cc2)c2ccccc2)CC1. The number of aliphatic carboxylic acids is 1. The zero-order chi connectivity index (χ0) is 19.2. The zero-order valence-corrected chi connectivity index (χ0v) is 15.7. The van der Waals surface area contributed by atoms with Crippen LogP contribution in [-0.2, 0) is 11.2 Å². The standard InChI is InChI=1S/C21H23ClN2O3/c22-18-8-6-15(7-9-18)14-19(16-4-2-1-3-5-16)23-21(27)24-12-10-17(11-13-24)20(25)26/h1-9,17,19H,10-14H2,(H,23,27)(H,25,26). The van der Waals surface area contributed by atoms with E-state index in [-0.39, 0.29) is 18.0 Å². The van der Waals surface area contributed by atoms with Crippen molar-refractivity contribution < 1.29 is 14.7 Å². The quantitative estimate of drug-likeness (QED) is 0.811. The van der Waals surface area contributed by atoms with Crippen LogP contribution in [-0.4, -0.2) is 35.1 Å². The van der Waals surface area contributed by atoms with Gasteiger partial charge in [-0.15, -0.1) is 0 Å². The lowest BCUT2D eigenvalue weighted by atomic mass is 9.97. The van der Waals surface area contributed by atoms with E-state index in [4.69, 9.17) is 16.7 Å². The van der Waals surface area contributed by atoms with E-state index in [1.165, 1.54) is 0 Å². The summed E-state index contributed by atoms with van der Waals surface area (Å²) in [5.74, 6) is -1.13. The van der Waals surface area contributed by atoms with Crippen molar-refractivity contribution in [2.24, 2.45) is 5.92 Å². The van der Waals surface area contributed by atoms with Crippen LogP contribution in [0.1, 0.15) is 30.0 Å². The third-order valence-electron chi connectivity index (χ3n) is 4.98. The summed E-state index contributed by atoms with van der Waals surface area (Å²) in [6.45, 7) is 0.927. The maximum atomic E-state index is 12.7. The van der Waals surface area contributed by atoms with Crippen molar-refractivity contribution in [2.75, 3.05) is 13.1 Å². The maximum Gasteiger partial charge on any atom is 0.317 e. The second-order valence-electron chi connectivity index (χ2n) is 6.84. The third-order valence-corrected chi connectivity index (χ3v) is 5.24. The number of piperidine rings is 1. The largest absolute Gasteiger partial charge is 0.481 e. The molecule has 1 heterocycles. The minimum atomic E-state index is -0.778. The number of nitrogens with zero attached hydrogens (tertiary/aromatic N) is 1. The van der Waals surface area contributed by atoms with Gasteiger partial charge in [0.1, 0.15) is 0 Å². The van der Waals surface area contributed by atoms with Gasteiger partial charge in [-0.05, 0) is 42.5 Å². The van der Waals surface area contributed by atoms with E-state index in [2.05, 4.69) is 5.32 Å². The highest BCUT2D eigenvalue weighted by Gasteiger charge is 2.28. The molecule has 0 saturated carbocycles. The Morgan fingerprint density at radius 3 is 2.30 bits per heavy atom. The van der Waals surface area contributed by atoms with E-state index in [1.54, 1.807) is 4.90 Å². The Hall–Kier alpha value is -2.53. The predicted octanol–water partition coefficient (Wildman–Crippen LogP) is 4.13. The van der Waals surface area contributed by atoms with Crippen LogP contribution in [0.4, 0.5) is 4.79 Å². The van der Waals surface area contributed by atoms with E-state index >= 15 is 0 Å². The van der Waals surface area contributed by atoms with Crippen LogP contribution in [0.25, 0.3) is 0 Å². The number of carbonyl (C=O) groups is 2. The van der Waals surface area contributed by atoms with Crippen LogP contribution in [0.15, 0.2) is 54.6 Å². The molecule has 0 spiro atoms. The number of hydrogen-bond acceptors (Lipinski definition) is 2. The molecule has 1 unspecified atom stereocenters. The van der Waals surface area contributed by atoms with Gasteiger partial charge in [-0.1, -0.05) is 54.1 Å². The number of hydrogen-bond donors (Lipinski definition) is 2. The van der Waals surface area contributed by atoms with Gasteiger partial charge in [0.25, 0.3) is 0 Å². The van der Waals surface area contributed by atoms with Crippen LogP contribution in [0.2, 0.25) is 5.02 Å². The molecule has 2 amide bonds. The molecule has 0 aromatic heterocycles. The highest BCUT2D eigenvalue weighted by atomic mass is 35.5. The van der Waals surface area contributed by atoms with Crippen LogP contribution in [0.5, 0.6) is 0 Å². The Morgan fingerprint density at radius 2 is 1.70 bits per heavy atom. The summed E-state index contributed by atoms with van der Waals surface area (Å²) >= 11 is 5.97. The number of carboxylic acids is 1. The Morgan fingerprint density at radius 1 is 1.07 bits per heavy atom. The van der Waals surface area contributed by atoms with Gasteiger partial charge in [0.05, 0.1) is 12.0 Å². The molecule has 0 aliphatic carbocycles. The molecule has 3 rings (SSSR count). The molecular formula is C21H23ClN2O3. The average molecular weight is 387 g/mol. The highest BCUT2D eigenvalue weighted by molar-refractivity contribution is 6.30. The van der Waals surface area contributed by atoms with Gasteiger partial charge in [-0.3, -0.25) is 4.79 Å². The summed E-state index contributed by atoms with van der Waals surface area (Å²) in [6, 6.07) is 17.1. The summed E-state index contributed by atoms with van der Waals surface area (Å²) < 4.78 is 0. The first-order valence-corrected chi connectivity index (χ1v) is 9.48. The van der Waals surface area contributed by atoms with Crippen molar-refractivity contribution in [3.05, 3.63) is 70.7 Å². The van der Waals surface area contributed by atoms with Gasteiger partial charge in [-0.25, -0.2) is 4.79 Å². The van der Waals surface area contributed by atoms with Crippen molar-refractivity contribution in [1.82, 2.24) is 10.2 Å². The van der Waals surface area contributed by atoms with Gasteiger partial charge in [0, 0.05) is 18.1 Å². The average Bonchev–Trinajstić information content (AvgIpc) is 2.70. The Bertz CT molecular complexity index is 772. The van der Waals surface area contributed by atoms with Crippen molar-refractivity contribution in [2.45, 2.75) is 25.3 Å². The first-order valence-electron chi connectivity index (χ1n) is 9.10. The highest BCUT2D eigenvalue weighted by Crippen LogP contribution is 2.22. The summed E-state index contributed by atoms with van der Waals surface area (Å²) in [6.07, 6.45) is 1.64. The number of urea groups is 1. The number of benzene rings is 2. The number of nitrogens with one attached hydrogen (secondary N) is 1. The second-order valence-corrected chi connectivity index (χ2v) is 7.28. The number of halogens is 1. The molecule has 2 aromatic rings. The van der Waals surface area contributed by atoms with E-state index < -0.39 is 5.97 Å². The number of amides is 2. The molecule has 5 nitrogen and oxygen atoms in total. The summed E-state index contributed by atoms with van der Waals surface area (Å²) in [5.41, 5.74) is 2.11. The molecule has 0 radical (unpaired) electrons. The van der Waals surface area contributed by atoms with E-state index in [0.717, 1.165) is 11.1 Å². The minimum Gasteiger partial charge on any atom is -0.481 e. The van der Waals surface area contributed by atoms with Gasteiger partial charge < -0.3 is 15.3 Å². The predicted molar refractivity (Wildman–Crippen MR) is 105 cm³/mol. The number of carbonyl (C=O) groups excluding carboxylic acids is 1. The third kappa shape index (κ3) is 5.23. The number of rotatable bonds is 5. The molecule has 142 valence electrons. The normalized spacial score (nSPS) is 16.0. The number of carboxylic acid groups (broad SMARTS) is 1. The lowest BCUT2D eigenvalue weighted by Gasteiger charge is -2.32. The van der Waals surface area contributed by atoms with Crippen LogP contribution in [0, 0.1) is 5.92 Å². The monoisotopic (exact) mass is 386 g/mol. The lowest BCUT2D eigenvalue weighted by molar-refractivity contribution is -0.143. The van der Waals surface area contributed by atoms with E-state index in [0.29, 0.717) is 37.4 Å². The molecular weight excluding hydrogens is 364 g/mol. The van der Waals surface area contributed by atoms with Crippen molar-refractivity contribution in [3.63, 3.8) is 0 Å².